The maximum absolute atomic E-state index is 10.9. The molecule has 0 aliphatic carbocycles. The van der Waals surface area contributed by atoms with Crippen molar-refractivity contribution in [3.8, 4) is 0 Å². The fourth-order valence-corrected chi connectivity index (χ4v) is 2.21. The van der Waals surface area contributed by atoms with Gasteiger partial charge in [0.1, 0.15) is 6.79 Å². The summed E-state index contributed by atoms with van der Waals surface area (Å²) in [6.45, 7) is 5.17. The van der Waals surface area contributed by atoms with E-state index >= 15 is 0 Å². The van der Waals surface area contributed by atoms with Gasteiger partial charge in [0, 0.05) is 19.6 Å². The number of hydrogen-bond donors (Lipinski definition) is 1. The minimum absolute atomic E-state index is 0.0309. The van der Waals surface area contributed by atoms with Gasteiger partial charge in [0.2, 0.25) is 5.91 Å². The normalized spacial score (nSPS) is 15.4. The summed E-state index contributed by atoms with van der Waals surface area (Å²) in [7, 11) is 0.292. The molecule has 0 bridgehead atoms. The number of carbonyl (C=O) groups is 1. The SMILES string of the molecule is CC(=O)N(C)C(C)[SiH](C)OCO. The molecule has 12 heavy (non-hydrogen) atoms. The van der Waals surface area contributed by atoms with Crippen molar-refractivity contribution in [1.29, 1.82) is 0 Å². The quantitative estimate of drug-likeness (QED) is 0.491. The molecule has 1 N–H and O–H groups in total. The van der Waals surface area contributed by atoms with Gasteiger partial charge >= 0.3 is 0 Å². The molecule has 0 saturated heterocycles. The molecule has 72 valence electrons. The number of aliphatic hydroxyl groups excluding tert-OH is 1. The summed E-state index contributed by atoms with van der Waals surface area (Å²) in [5, 5.41) is 8.51. The van der Waals surface area contributed by atoms with Crippen LogP contribution in [0.5, 0.6) is 0 Å². The van der Waals surface area contributed by atoms with Crippen molar-refractivity contribution < 1.29 is 14.3 Å². The maximum atomic E-state index is 10.9. The van der Waals surface area contributed by atoms with Gasteiger partial charge in [-0.3, -0.25) is 4.79 Å². The summed E-state index contributed by atoms with van der Waals surface area (Å²) in [5.74, 6) is 0.0309. The smallest absolute Gasteiger partial charge is 0.219 e. The van der Waals surface area contributed by atoms with Crippen LogP contribution in [0, 0.1) is 0 Å². The fourth-order valence-electron chi connectivity index (χ4n) is 0.858. The van der Waals surface area contributed by atoms with E-state index in [1.54, 1.807) is 11.9 Å². The van der Waals surface area contributed by atoms with Crippen molar-refractivity contribution in [3.63, 3.8) is 0 Å². The van der Waals surface area contributed by atoms with E-state index in [4.69, 9.17) is 9.53 Å². The Morgan fingerprint density at radius 1 is 1.75 bits per heavy atom. The highest BCUT2D eigenvalue weighted by Gasteiger charge is 2.20. The van der Waals surface area contributed by atoms with Gasteiger partial charge in [0.15, 0.2) is 9.04 Å². The molecule has 0 aliphatic rings. The standard InChI is InChI=1S/C7H17NO3Si/c1-6(10)8(3)7(2)12(4)11-5-9/h7,9,12H,5H2,1-4H3. The summed E-state index contributed by atoms with van der Waals surface area (Å²) in [6, 6.07) is 0. The summed E-state index contributed by atoms with van der Waals surface area (Å²) in [5.41, 5.74) is 0.120. The molecule has 0 aromatic carbocycles. The van der Waals surface area contributed by atoms with Gasteiger partial charge in [0.25, 0.3) is 0 Å². The first-order valence-corrected chi connectivity index (χ1v) is 6.25. The van der Waals surface area contributed by atoms with Crippen molar-refractivity contribution >= 4 is 14.9 Å². The molecule has 0 rings (SSSR count). The van der Waals surface area contributed by atoms with Gasteiger partial charge in [-0.05, 0) is 13.5 Å². The molecule has 0 aromatic rings. The molecule has 5 heteroatoms. The molecular formula is C7H17NO3Si. The van der Waals surface area contributed by atoms with E-state index < -0.39 is 9.04 Å². The van der Waals surface area contributed by atoms with Crippen LogP contribution in [-0.2, 0) is 9.22 Å². The van der Waals surface area contributed by atoms with Crippen molar-refractivity contribution in [3.05, 3.63) is 0 Å². The highest BCUT2D eigenvalue weighted by molar-refractivity contribution is 6.52. The number of rotatable bonds is 4. The van der Waals surface area contributed by atoms with Crippen molar-refractivity contribution in [1.82, 2.24) is 4.90 Å². The van der Waals surface area contributed by atoms with E-state index in [2.05, 4.69) is 0 Å². The Balaban J connectivity index is 3.99. The minimum Gasteiger partial charge on any atom is -0.396 e. The van der Waals surface area contributed by atoms with Crippen LogP contribution in [0.4, 0.5) is 0 Å². The number of carbonyl (C=O) groups excluding carboxylic acids is 1. The molecule has 1 amide bonds. The van der Waals surface area contributed by atoms with Crippen LogP contribution in [0.2, 0.25) is 6.55 Å². The molecule has 4 nitrogen and oxygen atoms in total. The van der Waals surface area contributed by atoms with E-state index in [0.717, 1.165) is 0 Å². The summed E-state index contributed by atoms with van der Waals surface area (Å²) in [6.07, 6.45) is 0. The average molecular weight is 191 g/mol. The first kappa shape index (κ1) is 11.6. The lowest BCUT2D eigenvalue weighted by molar-refractivity contribution is -0.128. The van der Waals surface area contributed by atoms with Gasteiger partial charge in [-0.2, -0.15) is 0 Å². The molecular weight excluding hydrogens is 174 g/mol. The molecule has 0 fully saturated rings. The lowest BCUT2D eigenvalue weighted by atomic mass is 10.5. The second-order valence-corrected chi connectivity index (χ2v) is 5.58. The van der Waals surface area contributed by atoms with Crippen LogP contribution in [0.25, 0.3) is 0 Å². The molecule has 0 radical (unpaired) electrons. The van der Waals surface area contributed by atoms with E-state index in [-0.39, 0.29) is 18.4 Å². The summed E-state index contributed by atoms with van der Waals surface area (Å²) < 4.78 is 5.08. The van der Waals surface area contributed by atoms with Gasteiger partial charge in [-0.1, -0.05) is 0 Å². The Morgan fingerprint density at radius 2 is 2.25 bits per heavy atom. The van der Waals surface area contributed by atoms with Crippen LogP contribution >= 0.6 is 0 Å². The first-order chi connectivity index (χ1) is 5.50. The second kappa shape index (κ2) is 5.29. The van der Waals surface area contributed by atoms with E-state index in [1.807, 2.05) is 13.5 Å². The Labute approximate surface area is 74.9 Å². The number of aliphatic hydroxyl groups is 1. The lowest BCUT2D eigenvalue weighted by Crippen LogP contribution is -2.44. The number of nitrogens with zero attached hydrogens (tertiary/aromatic N) is 1. The van der Waals surface area contributed by atoms with Crippen LogP contribution < -0.4 is 0 Å². The molecule has 2 atom stereocenters. The third-order valence-corrected chi connectivity index (χ3v) is 4.61. The largest absolute Gasteiger partial charge is 0.396 e. The summed E-state index contributed by atoms with van der Waals surface area (Å²) >= 11 is 0. The van der Waals surface area contributed by atoms with Crippen LogP contribution in [0.15, 0.2) is 0 Å². The zero-order valence-electron chi connectivity index (χ0n) is 8.07. The molecule has 0 saturated carbocycles. The van der Waals surface area contributed by atoms with Crippen LogP contribution in [0.1, 0.15) is 13.8 Å². The zero-order valence-corrected chi connectivity index (χ0v) is 9.23. The summed E-state index contributed by atoms with van der Waals surface area (Å²) in [4.78, 5) is 12.6. The zero-order chi connectivity index (χ0) is 9.72. The molecule has 0 spiro atoms. The molecule has 0 heterocycles. The predicted octanol–water partition coefficient (Wildman–Crippen LogP) is -0.288. The van der Waals surface area contributed by atoms with Gasteiger partial charge in [0.05, 0.1) is 0 Å². The average Bonchev–Trinajstić information content (AvgIpc) is 2.02. The third-order valence-electron chi connectivity index (χ3n) is 2.12. The van der Waals surface area contributed by atoms with Crippen LogP contribution in [-0.4, -0.2) is 44.5 Å². The number of hydrogen-bond acceptors (Lipinski definition) is 3. The monoisotopic (exact) mass is 191 g/mol. The van der Waals surface area contributed by atoms with Gasteiger partial charge in [-0.25, -0.2) is 0 Å². The Bertz CT molecular complexity index is 154. The van der Waals surface area contributed by atoms with Crippen molar-refractivity contribution in [2.45, 2.75) is 26.1 Å². The van der Waals surface area contributed by atoms with Crippen molar-refractivity contribution in [2.24, 2.45) is 0 Å². The minimum atomic E-state index is -1.46. The number of amides is 1. The Kier molecular flexibility index (Phi) is 5.11. The van der Waals surface area contributed by atoms with Crippen LogP contribution in [0.3, 0.4) is 0 Å². The molecule has 2 unspecified atom stereocenters. The van der Waals surface area contributed by atoms with E-state index in [0.29, 0.717) is 0 Å². The van der Waals surface area contributed by atoms with E-state index in [1.165, 1.54) is 6.92 Å². The topological polar surface area (TPSA) is 49.8 Å². The van der Waals surface area contributed by atoms with Gasteiger partial charge in [-0.15, -0.1) is 0 Å². The molecule has 0 aliphatic heterocycles. The van der Waals surface area contributed by atoms with Crippen molar-refractivity contribution in [2.75, 3.05) is 13.8 Å². The Hall–Kier alpha value is -0.393. The van der Waals surface area contributed by atoms with Gasteiger partial charge < -0.3 is 14.4 Å². The lowest BCUT2D eigenvalue weighted by Gasteiger charge is -2.27. The highest BCUT2D eigenvalue weighted by Crippen LogP contribution is 2.01. The maximum Gasteiger partial charge on any atom is 0.219 e. The second-order valence-electron chi connectivity index (χ2n) is 2.87. The first-order valence-electron chi connectivity index (χ1n) is 3.96. The predicted molar refractivity (Wildman–Crippen MR) is 49.1 cm³/mol. The van der Waals surface area contributed by atoms with E-state index in [9.17, 15) is 4.79 Å². The highest BCUT2D eigenvalue weighted by atomic mass is 28.3. The fraction of sp³-hybridized carbons (Fsp3) is 0.857. The molecule has 0 aromatic heterocycles. The third kappa shape index (κ3) is 3.34. The Morgan fingerprint density at radius 3 is 2.58 bits per heavy atom.